The van der Waals surface area contributed by atoms with Crippen LogP contribution in [0.4, 0.5) is 0 Å². The van der Waals surface area contributed by atoms with Gasteiger partial charge >= 0.3 is 0 Å². The summed E-state index contributed by atoms with van der Waals surface area (Å²) in [4.78, 5) is 11.9. The van der Waals surface area contributed by atoms with Gasteiger partial charge in [-0.3, -0.25) is 4.79 Å². The molecule has 1 aliphatic carbocycles. The molecule has 0 aliphatic heterocycles. The Morgan fingerprint density at radius 2 is 2.26 bits per heavy atom. The zero-order valence-corrected chi connectivity index (χ0v) is 13.5. The first kappa shape index (κ1) is 16.8. The lowest BCUT2D eigenvalue weighted by molar-refractivity contribution is -0.125. The van der Waals surface area contributed by atoms with Gasteiger partial charge in [0, 0.05) is 0 Å². The number of amides is 1. The van der Waals surface area contributed by atoms with Crippen LogP contribution in [-0.2, 0) is 4.79 Å². The van der Waals surface area contributed by atoms with E-state index in [1.54, 1.807) is 0 Å². The molecule has 1 saturated carbocycles. The molecule has 1 amide bonds. The van der Waals surface area contributed by atoms with Crippen molar-refractivity contribution in [3.05, 3.63) is 0 Å². The molecule has 1 aliphatic rings. The molecule has 3 N–H and O–H groups in total. The van der Waals surface area contributed by atoms with Gasteiger partial charge in [-0.15, -0.1) is 0 Å². The third-order valence-corrected chi connectivity index (χ3v) is 5.79. The highest BCUT2D eigenvalue weighted by Crippen LogP contribution is 2.38. The fourth-order valence-electron chi connectivity index (χ4n) is 3.06. The van der Waals surface area contributed by atoms with E-state index in [1.807, 2.05) is 11.8 Å². The third-order valence-electron chi connectivity index (χ3n) is 4.46. The number of rotatable bonds is 9. The van der Waals surface area contributed by atoms with Crippen LogP contribution in [0.3, 0.4) is 0 Å². The minimum atomic E-state index is -0.425. The molecule has 0 aromatic rings. The van der Waals surface area contributed by atoms with Gasteiger partial charge in [0.1, 0.15) is 5.54 Å². The predicted molar refractivity (Wildman–Crippen MR) is 84.3 cm³/mol. The fourth-order valence-corrected chi connectivity index (χ4v) is 4.31. The fraction of sp³-hybridized carbons (Fsp3) is 0.933. The van der Waals surface area contributed by atoms with Crippen LogP contribution in [0.2, 0.25) is 0 Å². The topological polar surface area (TPSA) is 55.1 Å². The lowest BCUT2D eigenvalue weighted by Crippen LogP contribution is -2.57. The SMILES string of the molecule is CCNC1(C(N)=O)CCCC1CCSCC(C)CC. The third kappa shape index (κ3) is 4.38. The molecule has 0 radical (unpaired) electrons. The van der Waals surface area contributed by atoms with Gasteiger partial charge in [0.15, 0.2) is 0 Å². The van der Waals surface area contributed by atoms with Gasteiger partial charge in [-0.25, -0.2) is 0 Å². The van der Waals surface area contributed by atoms with Crippen LogP contribution in [0.1, 0.15) is 52.9 Å². The summed E-state index contributed by atoms with van der Waals surface area (Å²) in [5.74, 6) is 3.45. The van der Waals surface area contributed by atoms with E-state index in [9.17, 15) is 4.79 Å². The number of carbonyl (C=O) groups is 1. The van der Waals surface area contributed by atoms with Crippen LogP contribution in [0.15, 0.2) is 0 Å². The maximum absolute atomic E-state index is 11.9. The van der Waals surface area contributed by atoms with Crippen molar-refractivity contribution < 1.29 is 4.79 Å². The quantitative estimate of drug-likeness (QED) is 0.641. The molecule has 0 saturated heterocycles. The Balaban J connectivity index is 2.44. The second kappa shape index (κ2) is 8.15. The van der Waals surface area contributed by atoms with Gasteiger partial charge in [0.2, 0.25) is 5.91 Å². The first-order valence-corrected chi connectivity index (χ1v) is 8.85. The highest BCUT2D eigenvalue weighted by molar-refractivity contribution is 7.99. The molecule has 0 aromatic heterocycles. The van der Waals surface area contributed by atoms with Gasteiger partial charge < -0.3 is 11.1 Å². The summed E-state index contributed by atoms with van der Waals surface area (Å²) in [6.07, 6.45) is 5.53. The Labute approximate surface area is 122 Å². The molecule has 19 heavy (non-hydrogen) atoms. The number of hydrogen-bond acceptors (Lipinski definition) is 3. The van der Waals surface area contributed by atoms with Crippen molar-refractivity contribution in [3.63, 3.8) is 0 Å². The second-order valence-corrected chi connectivity index (χ2v) is 6.98. The summed E-state index contributed by atoms with van der Waals surface area (Å²) >= 11 is 2.02. The van der Waals surface area contributed by atoms with E-state index >= 15 is 0 Å². The summed E-state index contributed by atoms with van der Waals surface area (Å²) in [7, 11) is 0. The first-order chi connectivity index (χ1) is 9.06. The molecular weight excluding hydrogens is 256 g/mol. The molecule has 3 unspecified atom stereocenters. The normalized spacial score (nSPS) is 28.5. The molecule has 0 spiro atoms. The summed E-state index contributed by atoms with van der Waals surface area (Å²) in [5.41, 5.74) is 5.25. The standard InChI is InChI=1S/C15H30N2OS/c1-4-12(3)11-19-10-8-13-7-6-9-15(13,14(16)18)17-5-2/h12-13,17H,4-11H2,1-3H3,(H2,16,18). The first-order valence-electron chi connectivity index (χ1n) is 7.69. The molecular formula is C15H30N2OS. The number of thioether (sulfide) groups is 1. The maximum atomic E-state index is 11.9. The molecule has 4 heteroatoms. The molecule has 112 valence electrons. The van der Waals surface area contributed by atoms with Crippen molar-refractivity contribution in [1.29, 1.82) is 0 Å². The predicted octanol–water partition coefficient (Wildman–Crippen LogP) is 2.79. The summed E-state index contributed by atoms with van der Waals surface area (Å²) < 4.78 is 0. The van der Waals surface area contributed by atoms with E-state index in [-0.39, 0.29) is 5.91 Å². The van der Waals surface area contributed by atoms with Crippen molar-refractivity contribution >= 4 is 17.7 Å². The minimum absolute atomic E-state index is 0.149. The number of likely N-dealkylation sites (N-methyl/N-ethyl adjacent to an activating group) is 1. The van der Waals surface area contributed by atoms with E-state index in [2.05, 4.69) is 26.1 Å². The molecule has 0 bridgehead atoms. The Kier molecular flexibility index (Phi) is 7.22. The second-order valence-electron chi connectivity index (χ2n) is 5.83. The number of nitrogens with two attached hydrogens (primary N) is 1. The average Bonchev–Trinajstić information content (AvgIpc) is 2.79. The monoisotopic (exact) mass is 286 g/mol. The van der Waals surface area contributed by atoms with Crippen LogP contribution in [0, 0.1) is 11.8 Å². The molecule has 1 rings (SSSR count). The van der Waals surface area contributed by atoms with Gasteiger partial charge in [0.05, 0.1) is 0 Å². The number of primary amides is 1. The van der Waals surface area contributed by atoms with Crippen molar-refractivity contribution in [2.45, 2.75) is 58.4 Å². The Morgan fingerprint density at radius 3 is 2.84 bits per heavy atom. The van der Waals surface area contributed by atoms with Gasteiger partial charge in [-0.1, -0.05) is 33.6 Å². The Hall–Kier alpha value is -0.220. The van der Waals surface area contributed by atoms with E-state index in [0.29, 0.717) is 5.92 Å². The zero-order valence-electron chi connectivity index (χ0n) is 12.7. The highest BCUT2D eigenvalue weighted by atomic mass is 32.2. The number of nitrogens with one attached hydrogen (secondary N) is 1. The van der Waals surface area contributed by atoms with Crippen LogP contribution in [-0.4, -0.2) is 29.5 Å². The van der Waals surface area contributed by atoms with Crippen LogP contribution in [0.25, 0.3) is 0 Å². The van der Waals surface area contributed by atoms with E-state index in [4.69, 9.17) is 5.73 Å². The molecule has 1 fully saturated rings. The van der Waals surface area contributed by atoms with Crippen LogP contribution < -0.4 is 11.1 Å². The van der Waals surface area contributed by atoms with Crippen LogP contribution in [0.5, 0.6) is 0 Å². The van der Waals surface area contributed by atoms with Crippen LogP contribution >= 0.6 is 11.8 Å². The van der Waals surface area contributed by atoms with E-state index < -0.39 is 5.54 Å². The zero-order chi connectivity index (χ0) is 14.3. The molecule has 0 aromatic carbocycles. The average molecular weight is 286 g/mol. The largest absolute Gasteiger partial charge is 0.368 e. The maximum Gasteiger partial charge on any atom is 0.238 e. The van der Waals surface area contributed by atoms with Crippen molar-refractivity contribution in [2.75, 3.05) is 18.1 Å². The van der Waals surface area contributed by atoms with E-state index in [0.717, 1.165) is 43.9 Å². The number of carbonyl (C=O) groups excluding carboxylic acids is 1. The lowest BCUT2D eigenvalue weighted by Gasteiger charge is -2.33. The van der Waals surface area contributed by atoms with Crippen molar-refractivity contribution in [1.82, 2.24) is 5.32 Å². The highest BCUT2D eigenvalue weighted by Gasteiger charge is 2.46. The molecule has 3 atom stereocenters. The number of hydrogen-bond donors (Lipinski definition) is 2. The lowest BCUT2D eigenvalue weighted by atomic mass is 9.84. The summed E-state index contributed by atoms with van der Waals surface area (Å²) in [6.45, 7) is 7.41. The smallest absolute Gasteiger partial charge is 0.238 e. The summed E-state index contributed by atoms with van der Waals surface area (Å²) in [6, 6.07) is 0. The van der Waals surface area contributed by atoms with Gasteiger partial charge in [0.25, 0.3) is 0 Å². The minimum Gasteiger partial charge on any atom is -0.368 e. The van der Waals surface area contributed by atoms with Gasteiger partial charge in [-0.05, 0) is 49.1 Å². The Morgan fingerprint density at radius 1 is 1.53 bits per heavy atom. The Bertz CT molecular complexity index is 285. The summed E-state index contributed by atoms with van der Waals surface area (Å²) in [5, 5.41) is 3.38. The van der Waals surface area contributed by atoms with Crippen molar-refractivity contribution in [2.24, 2.45) is 17.6 Å². The van der Waals surface area contributed by atoms with Crippen molar-refractivity contribution in [3.8, 4) is 0 Å². The molecule has 3 nitrogen and oxygen atoms in total. The molecule has 0 heterocycles. The van der Waals surface area contributed by atoms with E-state index in [1.165, 1.54) is 12.2 Å². The van der Waals surface area contributed by atoms with Gasteiger partial charge in [-0.2, -0.15) is 11.8 Å².